The fourth-order valence-electron chi connectivity index (χ4n) is 2.08. The lowest BCUT2D eigenvalue weighted by Crippen LogP contribution is -2.22. The Morgan fingerprint density at radius 3 is 2.95 bits per heavy atom. The van der Waals surface area contributed by atoms with Gasteiger partial charge >= 0.3 is 0 Å². The Labute approximate surface area is 122 Å². The minimum atomic E-state index is -0.421. The average molecular weight is 291 g/mol. The maximum atomic E-state index is 13.2. The van der Waals surface area contributed by atoms with Crippen molar-refractivity contribution in [2.45, 2.75) is 13.0 Å². The van der Waals surface area contributed by atoms with E-state index in [1.165, 1.54) is 12.1 Å². The lowest BCUT2D eigenvalue weighted by Gasteiger charge is -2.10. The van der Waals surface area contributed by atoms with Crippen LogP contribution in [0.5, 0.6) is 0 Å². The molecule has 1 aromatic heterocycles. The lowest BCUT2D eigenvalue weighted by atomic mass is 10.1. The molecule has 0 unspecified atom stereocenters. The smallest absolute Gasteiger partial charge is 0.170 e. The number of amidine groups is 1. The molecule has 0 fully saturated rings. The van der Waals surface area contributed by atoms with Crippen molar-refractivity contribution in [1.29, 1.82) is 0 Å². The second-order valence-corrected chi connectivity index (χ2v) is 4.66. The number of halogens is 1. The Bertz CT molecular complexity index is 638. The Morgan fingerprint density at radius 1 is 1.48 bits per heavy atom. The standard InChI is InChI=1S/C14H18FN5O/c1-20-12(5-7-18-20)4-6-17-9-10-2-3-11(15)8-13(10)14(16)19-21/h2-3,5,7-8,17,21H,4,6,9H2,1H3,(H2,16,19). The van der Waals surface area contributed by atoms with Gasteiger partial charge in [-0.25, -0.2) is 4.39 Å². The molecular weight excluding hydrogens is 273 g/mol. The fraction of sp³-hybridized carbons (Fsp3) is 0.286. The molecule has 0 spiro atoms. The van der Waals surface area contributed by atoms with Gasteiger partial charge in [-0.15, -0.1) is 0 Å². The van der Waals surface area contributed by atoms with E-state index < -0.39 is 5.82 Å². The number of hydrogen-bond acceptors (Lipinski definition) is 4. The summed E-state index contributed by atoms with van der Waals surface area (Å²) in [6, 6.07) is 6.20. The normalized spacial score (nSPS) is 11.8. The van der Waals surface area contributed by atoms with E-state index in [1.807, 2.05) is 17.8 Å². The second kappa shape index (κ2) is 6.85. The summed E-state index contributed by atoms with van der Waals surface area (Å²) >= 11 is 0. The van der Waals surface area contributed by atoms with E-state index in [4.69, 9.17) is 10.9 Å². The maximum absolute atomic E-state index is 13.2. The lowest BCUT2D eigenvalue weighted by molar-refractivity contribution is 0.318. The number of benzene rings is 1. The van der Waals surface area contributed by atoms with Crippen LogP contribution in [-0.2, 0) is 20.0 Å². The molecule has 7 heteroatoms. The van der Waals surface area contributed by atoms with Crippen molar-refractivity contribution >= 4 is 5.84 Å². The zero-order valence-corrected chi connectivity index (χ0v) is 11.8. The van der Waals surface area contributed by atoms with Crippen molar-refractivity contribution in [3.63, 3.8) is 0 Å². The molecule has 2 rings (SSSR count). The van der Waals surface area contributed by atoms with E-state index in [0.29, 0.717) is 12.1 Å². The molecule has 0 bridgehead atoms. The third-order valence-electron chi connectivity index (χ3n) is 3.25. The van der Waals surface area contributed by atoms with Gasteiger partial charge in [0, 0.05) is 44.0 Å². The number of nitrogens with one attached hydrogen (secondary N) is 1. The molecule has 0 aliphatic heterocycles. The zero-order chi connectivity index (χ0) is 15.2. The van der Waals surface area contributed by atoms with Crippen LogP contribution in [0, 0.1) is 5.82 Å². The molecule has 4 N–H and O–H groups in total. The summed E-state index contributed by atoms with van der Waals surface area (Å²) in [5.41, 5.74) is 7.85. The largest absolute Gasteiger partial charge is 0.409 e. The van der Waals surface area contributed by atoms with Crippen LogP contribution in [0.4, 0.5) is 4.39 Å². The topological polar surface area (TPSA) is 88.5 Å². The van der Waals surface area contributed by atoms with Crippen molar-refractivity contribution < 1.29 is 9.60 Å². The van der Waals surface area contributed by atoms with Crippen LogP contribution in [0.3, 0.4) is 0 Å². The monoisotopic (exact) mass is 291 g/mol. The predicted octanol–water partition coefficient (Wildman–Crippen LogP) is 0.986. The van der Waals surface area contributed by atoms with E-state index in [2.05, 4.69) is 15.6 Å². The van der Waals surface area contributed by atoms with Gasteiger partial charge in [-0.05, 0) is 23.8 Å². The number of nitrogens with two attached hydrogens (primary N) is 1. The van der Waals surface area contributed by atoms with Gasteiger partial charge in [-0.2, -0.15) is 5.10 Å². The number of oxime groups is 1. The van der Waals surface area contributed by atoms with Gasteiger partial charge in [0.1, 0.15) is 5.82 Å². The Balaban J connectivity index is 1.95. The minimum Gasteiger partial charge on any atom is -0.409 e. The van der Waals surface area contributed by atoms with Gasteiger partial charge in [-0.3, -0.25) is 4.68 Å². The van der Waals surface area contributed by atoms with Crippen LogP contribution in [0.25, 0.3) is 0 Å². The molecule has 0 aliphatic carbocycles. The molecule has 0 radical (unpaired) electrons. The highest BCUT2D eigenvalue weighted by atomic mass is 19.1. The van der Waals surface area contributed by atoms with Crippen LogP contribution >= 0.6 is 0 Å². The summed E-state index contributed by atoms with van der Waals surface area (Å²) in [5, 5.41) is 19.0. The van der Waals surface area contributed by atoms with E-state index in [0.717, 1.165) is 24.2 Å². The van der Waals surface area contributed by atoms with Gasteiger partial charge in [0.15, 0.2) is 5.84 Å². The van der Waals surface area contributed by atoms with Gasteiger partial charge in [-0.1, -0.05) is 11.2 Å². The van der Waals surface area contributed by atoms with Crippen LogP contribution < -0.4 is 11.1 Å². The summed E-state index contributed by atoms with van der Waals surface area (Å²) in [6.45, 7) is 1.25. The first-order valence-corrected chi connectivity index (χ1v) is 6.55. The first-order valence-electron chi connectivity index (χ1n) is 6.55. The van der Waals surface area contributed by atoms with Crippen LogP contribution in [0.1, 0.15) is 16.8 Å². The Kier molecular flexibility index (Phi) is 4.89. The molecule has 1 heterocycles. The molecule has 0 saturated carbocycles. The average Bonchev–Trinajstić information content (AvgIpc) is 2.89. The molecule has 0 aliphatic rings. The van der Waals surface area contributed by atoms with Crippen molar-refractivity contribution in [2.75, 3.05) is 6.54 Å². The van der Waals surface area contributed by atoms with Gasteiger partial charge in [0.25, 0.3) is 0 Å². The fourth-order valence-corrected chi connectivity index (χ4v) is 2.08. The van der Waals surface area contributed by atoms with Crippen molar-refractivity contribution in [1.82, 2.24) is 15.1 Å². The highest BCUT2D eigenvalue weighted by molar-refractivity contribution is 5.98. The number of nitrogens with zero attached hydrogens (tertiary/aromatic N) is 3. The summed E-state index contributed by atoms with van der Waals surface area (Å²) in [4.78, 5) is 0. The molecule has 0 saturated heterocycles. The van der Waals surface area contributed by atoms with E-state index in [-0.39, 0.29) is 5.84 Å². The Morgan fingerprint density at radius 2 is 2.29 bits per heavy atom. The molecule has 21 heavy (non-hydrogen) atoms. The number of rotatable bonds is 6. The summed E-state index contributed by atoms with van der Waals surface area (Å²) < 4.78 is 15.1. The highest BCUT2D eigenvalue weighted by Crippen LogP contribution is 2.11. The van der Waals surface area contributed by atoms with Crippen molar-refractivity contribution in [3.05, 3.63) is 53.1 Å². The molecule has 0 atom stereocenters. The molecule has 2 aromatic rings. The van der Waals surface area contributed by atoms with Crippen molar-refractivity contribution in [2.24, 2.45) is 17.9 Å². The minimum absolute atomic E-state index is 0.0991. The van der Waals surface area contributed by atoms with Crippen LogP contribution in [0.2, 0.25) is 0 Å². The molecule has 6 nitrogen and oxygen atoms in total. The van der Waals surface area contributed by atoms with Gasteiger partial charge in [0.2, 0.25) is 0 Å². The first kappa shape index (κ1) is 15.0. The van der Waals surface area contributed by atoms with Crippen LogP contribution in [0.15, 0.2) is 35.6 Å². The van der Waals surface area contributed by atoms with E-state index >= 15 is 0 Å². The first-order chi connectivity index (χ1) is 10.1. The van der Waals surface area contributed by atoms with E-state index in [1.54, 1.807) is 12.3 Å². The van der Waals surface area contributed by atoms with Crippen molar-refractivity contribution in [3.8, 4) is 0 Å². The summed E-state index contributed by atoms with van der Waals surface area (Å²) in [5.74, 6) is -0.520. The SMILES string of the molecule is Cn1nccc1CCNCc1ccc(F)cc1/C(N)=N/O. The maximum Gasteiger partial charge on any atom is 0.170 e. The third kappa shape index (κ3) is 3.79. The number of aromatic nitrogens is 2. The quantitative estimate of drug-likeness (QED) is 0.243. The highest BCUT2D eigenvalue weighted by Gasteiger charge is 2.08. The third-order valence-corrected chi connectivity index (χ3v) is 3.25. The summed E-state index contributed by atoms with van der Waals surface area (Å²) in [6.07, 6.45) is 2.59. The summed E-state index contributed by atoms with van der Waals surface area (Å²) in [7, 11) is 1.89. The van der Waals surface area contributed by atoms with E-state index in [9.17, 15) is 4.39 Å². The molecule has 0 amide bonds. The Hall–Kier alpha value is -2.41. The van der Waals surface area contributed by atoms with Gasteiger partial charge in [0.05, 0.1) is 0 Å². The molecule has 1 aromatic carbocycles. The second-order valence-electron chi connectivity index (χ2n) is 4.66. The van der Waals surface area contributed by atoms with Crippen LogP contribution in [-0.4, -0.2) is 27.4 Å². The molecular formula is C14H18FN5O. The number of aryl methyl sites for hydroxylation is 1. The molecule has 112 valence electrons. The number of hydrogen-bond donors (Lipinski definition) is 3. The predicted molar refractivity (Wildman–Crippen MR) is 77.5 cm³/mol. The zero-order valence-electron chi connectivity index (χ0n) is 11.8. The van der Waals surface area contributed by atoms with Gasteiger partial charge < -0.3 is 16.3 Å².